The van der Waals surface area contributed by atoms with E-state index in [-0.39, 0.29) is 5.56 Å². The molecule has 4 heteroatoms. The Bertz CT molecular complexity index is 513. The van der Waals surface area contributed by atoms with Crippen LogP contribution in [0.3, 0.4) is 0 Å². The Labute approximate surface area is 115 Å². The van der Waals surface area contributed by atoms with Gasteiger partial charge in [0.15, 0.2) is 6.29 Å². The van der Waals surface area contributed by atoms with Crippen molar-refractivity contribution in [1.29, 1.82) is 0 Å². The highest BCUT2D eigenvalue weighted by Gasteiger charge is 2.19. The first-order valence-electron chi connectivity index (χ1n) is 5.92. The standard InChI is InChI=1S/C14H15BrFNO/c1-9-3-4-17(7-10(9)2)14-6-11(15)5-13(16)12(14)8-18/h5-9H,3-4H2,1-2H3. The van der Waals surface area contributed by atoms with Gasteiger partial charge in [-0.25, -0.2) is 4.39 Å². The monoisotopic (exact) mass is 311 g/mol. The topological polar surface area (TPSA) is 20.3 Å². The first-order valence-corrected chi connectivity index (χ1v) is 6.71. The van der Waals surface area contributed by atoms with Crippen molar-refractivity contribution in [3.8, 4) is 0 Å². The molecule has 0 spiro atoms. The van der Waals surface area contributed by atoms with E-state index >= 15 is 0 Å². The van der Waals surface area contributed by atoms with Gasteiger partial charge in [-0.2, -0.15) is 0 Å². The van der Waals surface area contributed by atoms with Crippen LogP contribution in [0.15, 0.2) is 28.4 Å². The Morgan fingerprint density at radius 2 is 2.22 bits per heavy atom. The Kier molecular flexibility index (Phi) is 3.85. The minimum atomic E-state index is -0.487. The van der Waals surface area contributed by atoms with Gasteiger partial charge < -0.3 is 4.90 Å². The number of hydrogen-bond acceptors (Lipinski definition) is 2. The lowest BCUT2D eigenvalue weighted by Gasteiger charge is -2.30. The minimum absolute atomic E-state index is 0.122. The van der Waals surface area contributed by atoms with Crippen molar-refractivity contribution in [3.63, 3.8) is 0 Å². The van der Waals surface area contributed by atoms with Crippen LogP contribution >= 0.6 is 15.9 Å². The third-order valence-electron chi connectivity index (χ3n) is 3.44. The second kappa shape index (κ2) is 5.22. The molecule has 18 heavy (non-hydrogen) atoms. The van der Waals surface area contributed by atoms with Crippen molar-refractivity contribution >= 4 is 27.9 Å². The zero-order valence-corrected chi connectivity index (χ0v) is 12.0. The molecule has 0 saturated carbocycles. The summed E-state index contributed by atoms with van der Waals surface area (Å²) in [5, 5.41) is 0. The van der Waals surface area contributed by atoms with Crippen molar-refractivity contribution < 1.29 is 9.18 Å². The van der Waals surface area contributed by atoms with E-state index in [0.717, 1.165) is 13.0 Å². The van der Waals surface area contributed by atoms with Crippen LogP contribution in [0, 0.1) is 11.7 Å². The summed E-state index contributed by atoms with van der Waals surface area (Å²) in [5.74, 6) is 0.0528. The van der Waals surface area contributed by atoms with Gasteiger partial charge in [0.1, 0.15) is 5.82 Å². The van der Waals surface area contributed by atoms with Crippen LogP contribution in [0.25, 0.3) is 0 Å². The molecular weight excluding hydrogens is 297 g/mol. The molecule has 0 fully saturated rings. The van der Waals surface area contributed by atoms with Crippen LogP contribution in [-0.4, -0.2) is 12.8 Å². The molecule has 0 aliphatic carbocycles. The van der Waals surface area contributed by atoms with E-state index in [1.54, 1.807) is 6.07 Å². The lowest BCUT2D eigenvalue weighted by Crippen LogP contribution is -2.26. The number of carbonyl (C=O) groups is 1. The number of aldehydes is 1. The second-order valence-electron chi connectivity index (χ2n) is 4.69. The molecule has 1 heterocycles. The average molecular weight is 312 g/mol. The molecule has 1 aliphatic heterocycles. The highest BCUT2D eigenvalue weighted by atomic mass is 79.9. The predicted octanol–water partition coefficient (Wildman–Crippen LogP) is 4.15. The molecule has 1 aliphatic rings. The number of nitrogens with zero attached hydrogens (tertiary/aromatic N) is 1. The van der Waals surface area contributed by atoms with Gasteiger partial charge >= 0.3 is 0 Å². The largest absolute Gasteiger partial charge is 0.347 e. The Morgan fingerprint density at radius 1 is 1.50 bits per heavy atom. The molecule has 1 aromatic rings. The molecule has 0 radical (unpaired) electrons. The van der Waals surface area contributed by atoms with E-state index in [9.17, 15) is 9.18 Å². The Morgan fingerprint density at radius 3 is 2.83 bits per heavy atom. The zero-order chi connectivity index (χ0) is 13.3. The molecule has 0 N–H and O–H groups in total. The summed E-state index contributed by atoms with van der Waals surface area (Å²) < 4.78 is 14.4. The van der Waals surface area contributed by atoms with E-state index in [2.05, 4.69) is 29.8 Å². The van der Waals surface area contributed by atoms with Crippen LogP contribution in [0.4, 0.5) is 10.1 Å². The van der Waals surface area contributed by atoms with E-state index in [4.69, 9.17) is 0 Å². The number of hydrogen-bond donors (Lipinski definition) is 0. The molecule has 0 bridgehead atoms. The van der Waals surface area contributed by atoms with Gasteiger partial charge in [-0.3, -0.25) is 4.79 Å². The van der Waals surface area contributed by atoms with Gasteiger partial charge in [-0.15, -0.1) is 0 Å². The molecule has 2 nitrogen and oxygen atoms in total. The summed E-state index contributed by atoms with van der Waals surface area (Å²) in [6, 6.07) is 3.10. The third kappa shape index (κ3) is 2.48. The maximum atomic E-state index is 13.7. The molecule has 1 atom stereocenters. The molecule has 2 rings (SSSR count). The molecule has 1 unspecified atom stereocenters. The first-order chi connectivity index (χ1) is 8.52. The number of allylic oxidation sites excluding steroid dienone is 1. The van der Waals surface area contributed by atoms with E-state index in [1.165, 1.54) is 11.6 Å². The fraction of sp³-hybridized carbons (Fsp3) is 0.357. The summed E-state index contributed by atoms with van der Waals surface area (Å²) in [6.45, 7) is 5.03. The maximum Gasteiger partial charge on any atom is 0.155 e. The van der Waals surface area contributed by atoms with Crippen molar-refractivity contribution in [1.82, 2.24) is 0 Å². The summed E-state index contributed by atoms with van der Waals surface area (Å²) in [6.07, 6.45) is 3.59. The molecule has 0 aromatic heterocycles. The predicted molar refractivity (Wildman–Crippen MR) is 74.4 cm³/mol. The number of carbonyl (C=O) groups excluding carboxylic acids is 1. The van der Waals surface area contributed by atoms with Crippen molar-refractivity contribution in [2.45, 2.75) is 20.3 Å². The molecule has 0 amide bonds. The van der Waals surface area contributed by atoms with Crippen molar-refractivity contribution in [3.05, 3.63) is 39.8 Å². The quantitative estimate of drug-likeness (QED) is 0.765. The van der Waals surface area contributed by atoms with Crippen molar-refractivity contribution in [2.24, 2.45) is 5.92 Å². The lowest BCUT2D eigenvalue weighted by atomic mass is 9.96. The summed E-state index contributed by atoms with van der Waals surface area (Å²) in [4.78, 5) is 13.0. The van der Waals surface area contributed by atoms with Gasteiger partial charge in [0.2, 0.25) is 0 Å². The Hall–Kier alpha value is -1.16. The SMILES string of the molecule is CC1=CN(c2cc(Br)cc(F)c2C=O)CCC1C. The minimum Gasteiger partial charge on any atom is -0.347 e. The number of rotatable bonds is 2. The second-order valence-corrected chi connectivity index (χ2v) is 5.61. The summed E-state index contributed by atoms with van der Waals surface area (Å²) in [5.41, 5.74) is 2.00. The first kappa shape index (κ1) is 13.3. The van der Waals surface area contributed by atoms with Crippen LogP contribution in [0.2, 0.25) is 0 Å². The normalized spacial score (nSPS) is 19.7. The van der Waals surface area contributed by atoms with E-state index in [1.807, 2.05) is 11.1 Å². The molecular formula is C14H15BrFNO. The van der Waals surface area contributed by atoms with E-state index < -0.39 is 5.82 Å². The molecule has 0 saturated heterocycles. The smallest absolute Gasteiger partial charge is 0.155 e. The van der Waals surface area contributed by atoms with Crippen LogP contribution in [-0.2, 0) is 0 Å². The highest BCUT2D eigenvalue weighted by molar-refractivity contribution is 9.10. The summed E-state index contributed by atoms with van der Waals surface area (Å²) in [7, 11) is 0. The van der Waals surface area contributed by atoms with Gasteiger partial charge in [-0.05, 0) is 31.4 Å². The average Bonchev–Trinajstić information content (AvgIpc) is 2.32. The molecule has 1 aromatic carbocycles. The number of benzene rings is 1. The van der Waals surface area contributed by atoms with Crippen molar-refractivity contribution in [2.75, 3.05) is 11.4 Å². The number of anilines is 1. The number of halogens is 2. The third-order valence-corrected chi connectivity index (χ3v) is 3.90. The van der Waals surface area contributed by atoms with E-state index in [0.29, 0.717) is 22.4 Å². The van der Waals surface area contributed by atoms with Crippen LogP contribution in [0.1, 0.15) is 30.6 Å². The summed E-state index contributed by atoms with van der Waals surface area (Å²) >= 11 is 3.27. The van der Waals surface area contributed by atoms with Gasteiger partial charge in [0.25, 0.3) is 0 Å². The lowest BCUT2D eigenvalue weighted by molar-refractivity contribution is 0.112. The maximum absolute atomic E-state index is 13.7. The van der Waals surface area contributed by atoms with Gasteiger partial charge in [0, 0.05) is 17.2 Å². The van der Waals surface area contributed by atoms with Gasteiger partial charge in [-0.1, -0.05) is 28.4 Å². The zero-order valence-electron chi connectivity index (χ0n) is 10.4. The fourth-order valence-corrected chi connectivity index (χ4v) is 2.53. The molecule has 96 valence electrons. The van der Waals surface area contributed by atoms with Gasteiger partial charge in [0.05, 0.1) is 11.3 Å². The van der Waals surface area contributed by atoms with Crippen LogP contribution < -0.4 is 4.90 Å². The fourth-order valence-electron chi connectivity index (χ4n) is 2.11. The highest BCUT2D eigenvalue weighted by Crippen LogP contribution is 2.31. The van der Waals surface area contributed by atoms with Crippen LogP contribution in [0.5, 0.6) is 0 Å². The Balaban J connectivity index is 2.48.